The minimum Gasteiger partial charge on any atom is -0.491 e. The minimum atomic E-state index is -3.54. The summed E-state index contributed by atoms with van der Waals surface area (Å²) < 4.78 is 31.2. The lowest BCUT2D eigenvalue weighted by Crippen LogP contribution is -2.28. The van der Waals surface area contributed by atoms with E-state index in [0.29, 0.717) is 11.4 Å². The molecule has 0 heterocycles. The van der Waals surface area contributed by atoms with Gasteiger partial charge in [-0.05, 0) is 45.0 Å². The molecule has 6 heteroatoms. The van der Waals surface area contributed by atoms with Crippen LogP contribution >= 0.6 is 0 Å². The number of anilines is 1. The Morgan fingerprint density at radius 3 is 2.22 bits per heavy atom. The van der Waals surface area contributed by atoms with Crippen LogP contribution in [-0.2, 0) is 10.0 Å². The van der Waals surface area contributed by atoms with Crippen molar-refractivity contribution in [3.63, 3.8) is 0 Å². The van der Waals surface area contributed by atoms with Crippen LogP contribution in [0.25, 0.3) is 0 Å². The van der Waals surface area contributed by atoms with Gasteiger partial charge in [0, 0.05) is 5.69 Å². The van der Waals surface area contributed by atoms with E-state index < -0.39 is 21.9 Å². The van der Waals surface area contributed by atoms with E-state index in [-0.39, 0.29) is 6.10 Å². The minimum absolute atomic E-state index is 0.0713. The van der Waals surface area contributed by atoms with Crippen molar-refractivity contribution in [2.75, 3.05) is 11.3 Å². The number of hydrogen-bond donors (Lipinski definition) is 2. The number of hydrogen-bond acceptors (Lipinski definition) is 4. The summed E-state index contributed by atoms with van der Waals surface area (Å²) >= 11 is 0. The molecular weight excluding hydrogens is 254 g/mol. The maximum atomic E-state index is 11.7. The second kappa shape index (κ2) is 6.06. The third-order valence-corrected chi connectivity index (χ3v) is 4.00. The highest BCUT2D eigenvalue weighted by Crippen LogP contribution is 2.18. The van der Waals surface area contributed by atoms with Crippen molar-refractivity contribution < 1.29 is 18.3 Å². The summed E-state index contributed by atoms with van der Waals surface area (Å²) in [5, 5.41) is 8.01. The number of aliphatic hydroxyl groups excluding tert-OH is 1. The van der Waals surface area contributed by atoms with Gasteiger partial charge in [0.2, 0.25) is 10.0 Å². The first kappa shape index (κ1) is 14.8. The van der Waals surface area contributed by atoms with Crippen LogP contribution in [0.5, 0.6) is 5.75 Å². The lowest BCUT2D eigenvalue weighted by atomic mass is 10.3. The van der Waals surface area contributed by atoms with Crippen molar-refractivity contribution in [2.24, 2.45) is 0 Å². The average Bonchev–Trinajstić information content (AvgIpc) is 2.29. The predicted octanol–water partition coefficient (Wildman–Crippen LogP) is 1.60. The number of benzene rings is 1. The molecule has 5 nitrogen and oxygen atoms in total. The average molecular weight is 273 g/mol. The Morgan fingerprint density at radius 2 is 1.78 bits per heavy atom. The normalized spacial score (nSPS) is 13.4. The predicted molar refractivity (Wildman–Crippen MR) is 71.3 cm³/mol. The maximum Gasteiger partial charge on any atom is 0.237 e. The molecule has 0 spiro atoms. The first-order valence-corrected chi connectivity index (χ1v) is 7.29. The fraction of sp³-hybridized carbons (Fsp3) is 0.500. The highest BCUT2D eigenvalue weighted by Gasteiger charge is 2.19. The molecule has 2 N–H and O–H groups in total. The van der Waals surface area contributed by atoms with Crippen LogP contribution in [0.2, 0.25) is 0 Å². The summed E-state index contributed by atoms with van der Waals surface area (Å²) in [6.45, 7) is 4.86. The second-order valence-electron chi connectivity index (χ2n) is 4.33. The summed E-state index contributed by atoms with van der Waals surface area (Å²) in [7, 11) is -3.54. The van der Waals surface area contributed by atoms with Gasteiger partial charge in [-0.25, -0.2) is 8.42 Å². The van der Waals surface area contributed by atoms with E-state index in [1.54, 1.807) is 24.3 Å². The quantitative estimate of drug-likeness (QED) is 0.825. The van der Waals surface area contributed by atoms with Crippen LogP contribution in [0.1, 0.15) is 20.8 Å². The van der Waals surface area contributed by atoms with Gasteiger partial charge in [0.05, 0.1) is 12.7 Å². The van der Waals surface area contributed by atoms with Crippen LogP contribution in [0.3, 0.4) is 0 Å². The zero-order valence-corrected chi connectivity index (χ0v) is 11.6. The van der Waals surface area contributed by atoms with E-state index in [1.165, 1.54) is 6.92 Å². The van der Waals surface area contributed by atoms with Gasteiger partial charge in [0.25, 0.3) is 0 Å². The van der Waals surface area contributed by atoms with Gasteiger partial charge in [-0.3, -0.25) is 4.72 Å². The van der Waals surface area contributed by atoms with Crippen molar-refractivity contribution in [1.29, 1.82) is 0 Å². The fourth-order valence-electron chi connectivity index (χ4n) is 1.24. The first-order valence-electron chi connectivity index (χ1n) is 5.74. The molecule has 0 fully saturated rings. The molecule has 0 aromatic heterocycles. The number of nitrogens with one attached hydrogen (secondary N) is 1. The molecule has 1 aromatic rings. The van der Waals surface area contributed by atoms with Crippen LogP contribution < -0.4 is 9.46 Å². The van der Waals surface area contributed by atoms with Gasteiger partial charge >= 0.3 is 0 Å². The Kier molecular flexibility index (Phi) is 4.98. The first-order chi connectivity index (χ1) is 8.35. The lowest BCUT2D eigenvalue weighted by molar-refractivity contribution is 0.242. The van der Waals surface area contributed by atoms with Crippen molar-refractivity contribution >= 4 is 15.7 Å². The molecule has 1 unspecified atom stereocenters. The zero-order valence-electron chi connectivity index (χ0n) is 10.8. The largest absolute Gasteiger partial charge is 0.491 e. The standard InChI is InChI=1S/C12H19NO4S/c1-9(2)17-12-6-4-11(5-7-12)13-18(15,16)10(3)8-14/h4-7,9-10,13-14H,8H2,1-3H3. The Hall–Kier alpha value is -1.27. The maximum absolute atomic E-state index is 11.7. The van der Waals surface area contributed by atoms with E-state index in [0.717, 1.165) is 0 Å². The molecule has 0 amide bonds. The third kappa shape index (κ3) is 4.19. The molecule has 0 saturated heterocycles. The number of aliphatic hydroxyl groups is 1. The molecule has 1 rings (SSSR count). The molecular formula is C12H19NO4S. The summed E-state index contributed by atoms with van der Waals surface area (Å²) in [6, 6.07) is 6.64. The SMILES string of the molecule is CC(C)Oc1ccc(NS(=O)(=O)C(C)CO)cc1. The number of sulfonamides is 1. The van der Waals surface area contributed by atoms with Gasteiger partial charge in [-0.1, -0.05) is 0 Å². The molecule has 1 atom stereocenters. The molecule has 0 aliphatic carbocycles. The molecule has 0 saturated carbocycles. The third-order valence-electron chi connectivity index (χ3n) is 2.27. The smallest absolute Gasteiger partial charge is 0.237 e. The monoisotopic (exact) mass is 273 g/mol. The lowest BCUT2D eigenvalue weighted by Gasteiger charge is -2.13. The summed E-state index contributed by atoms with van der Waals surface area (Å²) in [4.78, 5) is 0. The molecule has 102 valence electrons. The molecule has 0 radical (unpaired) electrons. The Labute approximate surface area is 108 Å². The van der Waals surface area contributed by atoms with E-state index in [9.17, 15) is 8.42 Å². The number of rotatable bonds is 6. The van der Waals surface area contributed by atoms with Crippen LogP contribution in [0.15, 0.2) is 24.3 Å². The summed E-state index contributed by atoms with van der Waals surface area (Å²) in [5.74, 6) is 0.683. The highest BCUT2D eigenvalue weighted by atomic mass is 32.2. The topological polar surface area (TPSA) is 75.6 Å². The summed E-state index contributed by atoms with van der Waals surface area (Å²) in [5.41, 5.74) is 0.450. The van der Waals surface area contributed by atoms with E-state index in [1.807, 2.05) is 13.8 Å². The van der Waals surface area contributed by atoms with Crippen molar-refractivity contribution in [2.45, 2.75) is 32.1 Å². The van der Waals surface area contributed by atoms with E-state index >= 15 is 0 Å². The highest BCUT2D eigenvalue weighted by molar-refractivity contribution is 7.93. The molecule has 0 bridgehead atoms. The summed E-state index contributed by atoms with van der Waals surface area (Å²) in [6.07, 6.45) is 0.0713. The molecule has 18 heavy (non-hydrogen) atoms. The van der Waals surface area contributed by atoms with Crippen molar-refractivity contribution in [3.05, 3.63) is 24.3 Å². The van der Waals surface area contributed by atoms with Crippen molar-refractivity contribution in [3.8, 4) is 5.75 Å². The van der Waals surface area contributed by atoms with E-state index in [4.69, 9.17) is 9.84 Å². The van der Waals surface area contributed by atoms with Gasteiger partial charge < -0.3 is 9.84 Å². The van der Waals surface area contributed by atoms with E-state index in [2.05, 4.69) is 4.72 Å². The van der Waals surface area contributed by atoms with Gasteiger partial charge in [0.15, 0.2) is 0 Å². The fourth-order valence-corrected chi connectivity index (χ4v) is 2.10. The molecule has 0 aliphatic heterocycles. The Bertz CT molecular complexity index is 467. The van der Waals surface area contributed by atoms with Gasteiger partial charge in [-0.2, -0.15) is 0 Å². The van der Waals surface area contributed by atoms with Crippen molar-refractivity contribution in [1.82, 2.24) is 0 Å². The zero-order chi connectivity index (χ0) is 13.8. The van der Waals surface area contributed by atoms with Gasteiger partial charge in [0.1, 0.15) is 11.0 Å². The Balaban J connectivity index is 2.75. The number of ether oxygens (including phenoxy) is 1. The molecule has 0 aliphatic rings. The van der Waals surface area contributed by atoms with Gasteiger partial charge in [-0.15, -0.1) is 0 Å². The molecule has 1 aromatic carbocycles. The second-order valence-corrected chi connectivity index (χ2v) is 6.43. The Morgan fingerprint density at radius 1 is 1.22 bits per heavy atom. The van der Waals surface area contributed by atoms with Crippen LogP contribution in [0.4, 0.5) is 5.69 Å². The van der Waals surface area contributed by atoms with Crippen LogP contribution in [0, 0.1) is 0 Å². The van der Waals surface area contributed by atoms with Crippen LogP contribution in [-0.4, -0.2) is 31.5 Å².